The maximum absolute atomic E-state index is 12.3. The summed E-state index contributed by atoms with van der Waals surface area (Å²) in [6, 6.07) is 15.0. The normalized spacial score (nSPS) is 15.0. The second kappa shape index (κ2) is 11.2. The Morgan fingerprint density at radius 3 is 2.63 bits per heavy atom. The van der Waals surface area contributed by atoms with Crippen molar-refractivity contribution >= 4 is 40.6 Å². The van der Waals surface area contributed by atoms with Gasteiger partial charge in [0.2, 0.25) is 0 Å². The number of anilines is 1. The van der Waals surface area contributed by atoms with Crippen molar-refractivity contribution in [3.8, 4) is 11.4 Å². The van der Waals surface area contributed by atoms with E-state index in [0.717, 1.165) is 42.8 Å². The molecule has 1 aliphatic rings. The number of imidazole rings is 1. The Labute approximate surface area is 231 Å². The molecule has 0 unspecified atom stereocenters. The predicted molar refractivity (Wildman–Crippen MR) is 149 cm³/mol. The van der Waals surface area contributed by atoms with E-state index in [0.29, 0.717) is 33.7 Å². The molecule has 38 heavy (non-hydrogen) atoms. The standard InChI is InChI=1S/C28H29Cl2N5O3/c1-28(18-32-27(37)38-17-19-6-3-2-4-7-19)10-13-34(14-11-28)26-24-22(16-36)33-25(35(24)15-12-31-26)20-8-5-9-21(29)23(20)30/h2-9,12,15,36H,10-11,13-14,16-18H2,1H3,(H,32,37). The molecule has 198 valence electrons. The number of rotatable bonds is 7. The van der Waals surface area contributed by atoms with Gasteiger partial charge in [0.15, 0.2) is 5.82 Å². The molecule has 1 aliphatic heterocycles. The molecule has 2 aromatic heterocycles. The van der Waals surface area contributed by atoms with Crippen LogP contribution in [0.1, 0.15) is 31.0 Å². The molecule has 1 fully saturated rings. The molecule has 10 heteroatoms. The number of nitrogens with one attached hydrogen (secondary N) is 1. The van der Waals surface area contributed by atoms with E-state index in [1.165, 1.54) is 0 Å². The van der Waals surface area contributed by atoms with E-state index in [-0.39, 0.29) is 18.6 Å². The first-order valence-electron chi connectivity index (χ1n) is 12.5. The predicted octanol–water partition coefficient (Wildman–Crippen LogP) is 5.73. The summed E-state index contributed by atoms with van der Waals surface area (Å²) in [6.07, 6.45) is 4.83. The first-order valence-corrected chi connectivity index (χ1v) is 13.2. The summed E-state index contributed by atoms with van der Waals surface area (Å²) < 4.78 is 7.27. The number of aliphatic hydroxyl groups is 1. The molecule has 0 spiro atoms. The van der Waals surface area contributed by atoms with Gasteiger partial charge in [0.25, 0.3) is 0 Å². The number of hydrogen-bond donors (Lipinski definition) is 2. The van der Waals surface area contributed by atoms with Gasteiger partial charge in [0.1, 0.15) is 17.9 Å². The summed E-state index contributed by atoms with van der Waals surface area (Å²) >= 11 is 12.7. The number of aromatic nitrogens is 3. The third-order valence-electron chi connectivity index (χ3n) is 7.09. The first-order chi connectivity index (χ1) is 18.4. The summed E-state index contributed by atoms with van der Waals surface area (Å²) in [6.45, 7) is 4.19. The Morgan fingerprint density at radius 2 is 1.89 bits per heavy atom. The zero-order chi connectivity index (χ0) is 26.7. The number of benzene rings is 2. The Morgan fingerprint density at radius 1 is 1.13 bits per heavy atom. The SMILES string of the molecule is CC1(CNC(=O)OCc2ccccc2)CCN(c2nccn3c(-c4cccc(Cl)c4Cl)nc(CO)c23)CC1. The third-order valence-corrected chi connectivity index (χ3v) is 7.91. The minimum atomic E-state index is -0.414. The number of halogens is 2. The number of nitrogens with zero attached hydrogens (tertiary/aromatic N) is 4. The Bertz CT molecular complexity index is 1440. The van der Waals surface area contributed by atoms with Crippen molar-refractivity contribution in [2.45, 2.75) is 33.0 Å². The van der Waals surface area contributed by atoms with E-state index in [9.17, 15) is 9.90 Å². The number of carbonyl (C=O) groups is 1. The number of hydrogen-bond acceptors (Lipinski definition) is 6. The summed E-state index contributed by atoms with van der Waals surface area (Å²) in [7, 11) is 0. The fourth-order valence-electron chi connectivity index (χ4n) is 4.80. The molecule has 0 bridgehead atoms. The second-order valence-corrected chi connectivity index (χ2v) is 10.6. The maximum Gasteiger partial charge on any atom is 0.407 e. The highest BCUT2D eigenvalue weighted by Gasteiger charge is 2.32. The third kappa shape index (κ3) is 5.43. The zero-order valence-corrected chi connectivity index (χ0v) is 22.5. The summed E-state index contributed by atoms with van der Waals surface area (Å²) in [4.78, 5) is 23.8. The molecular formula is C28H29Cl2N5O3. The molecule has 1 amide bonds. The van der Waals surface area contributed by atoms with Crippen molar-refractivity contribution in [3.05, 3.63) is 82.2 Å². The summed E-state index contributed by atoms with van der Waals surface area (Å²) in [5, 5.41) is 13.9. The molecule has 0 aliphatic carbocycles. The maximum atomic E-state index is 12.3. The van der Waals surface area contributed by atoms with Crippen LogP contribution in [0.4, 0.5) is 10.6 Å². The van der Waals surface area contributed by atoms with Gasteiger partial charge < -0.3 is 20.1 Å². The van der Waals surface area contributed by atoms with Gasteiger partial charge in [-0.1, -0.05) is 66.5 Å². The lowest BCUT2D eigenvalue weighted by Crippen LogP contribution is -2.45. The molecule has 0 radical (unpaired) electrons. The topological polar surface area (TPSA) is 92.0 Å². The van der Waals surface area contributed by atoms with Crippen molar-refractivity contribution in [3.63, 3.8) is 0 Å². The van der Waals surface area contributed by atoms with E-state index in [2.05, 4.69) is 22.1 Å². The molecule has 1 saturated heterocycles. The van der Waals surface area contributed by atoms with Gasteiger partial charge in [-0.25, -0.2) is 14.8 Å². The molecule has 4 aromatic rings. The van der Waals surface area contributed by atoms with Crippen LogP contribution in [0.25, 0.3) is 16.9 Å². The van der Waals surface area contributed by atoms with Crippen molar-refractivity contribution < 1.29 is 14.6 Å². The van der Waals surface area contributed by atoms with E-state index in [1.54, 1.807) is 12.3 Å². The van der Waals surface area contributed by atoms with E-state index in [1.807, 2.05) is 53.1 Å². The number of fused-ring (bicyclic) bond motifs is 1. The number of aliphatic hydroxyl groups excluding tert-OH is 1. The Hall–Kier alpha value is -3.33. The highest BCUT2D eigenvalue weighted by molar-refractivity contribution is 6.43. The summed E-state index contributed by atoms with van der Waals surface area (Å²) in [5.74, 6) is 1.35. The van der Waals surface area contributed by atoms with E-state index >= 15 is 0 Å². The van der Waals surface area contributed by atoms with Gasteiger partial charge >= 0.3 is 6.09 Å². The monoisotopic (exact) mass is 553 g/mol. The van der Waals surface area contributed by atoms with Crippen molar-refractivity contribution in [2.24, 2.45) is 5.41 Å². The lowest BCUT2D eigenvalue weighted by molar-refractivity contribution is 0.131. The fraction of sp³-hybridized carbons (Fsp3) is 0.321. The minimum Gasteiger partial charge on any atom is -0.445 e. The lowest BCUT2D eigenvalue weighted by Gasteiger charge is -2.40. The van der Waals surface area contributed by atoms with Crippen molar-refractivity contribution in [1.29, 1.82) is 0 Å². The van der Waals surface area contributed by atoms with Crippen LogP contribution in [0.3, 0.4) is 0 Å². The van der Waals surface area contributed by atoms with Gasteiger partial charge in [-0.15, -0.1) is 0 Å². The van der Waals surface area contributed by atoms with Crippen LogP contribution in [0.2, 0.25) is 10.0 Å². The first kappa shape index (κ1) is 26.3. The van der Waals surface area contributed by atoms with Gasteiger partial charge in [0.05, 0.1) is 22.3 Å². The van der Waals surface area contributed by atoms with Crippen LogP contribution in [0.5, 0.6) is 0 Å². The van der Waals surface area contributed by atoms with Crippen molar-refractivity contribution in [2.75, 3.05) is 24.5 Å². The van der Waals surface area contributed by atoms with Gasteiger partial charge in [-0.05, 0) is 36.0 Å². The van der Waals surface area contributed by atoms with Crippen LogP contribution < -0.4 is 10.2 Å². The molecule has 2 N–H and O–H groups in total. The molecule has 3 heterocycles. The molecule has 2 aromatic carbocycles. The molecular weight excluding hydrogens is 525 g/mol. The van der Waals surface area contributed by atoms with Crippen LogP contribution in [-0.4, -0.2) is 45.2 Å². The fourth-order valence-corrected chi connectivity index (χ4v) is 5.18. The average Bonchev–Trinajstić information content (AvgIpc) is 3.32. The zero-order valence-electron chi connectivity index (χ0n) is 21.0. The van der Waals surface area contributed by atoms with Crippen LogP contribution >= 0.6 is 23.2 Å². The quantitative estimate of drug-likeness (QED) is 0.303. The van der Waals surface area contributed by atoms with Crippen LogP contribution in [0.15, 0.2) is 60.9 Å². The van der Waals surface area contributed by atoms with E-state index < -0.39 is 6.09 Å². The highest BCUT2D eigenvalue weighted by Crippen LogP contribution is 2.37. The van der Waals surface area contributed by atoms with E-state index in [4.69, 9.17) is 32.9 Å². The average molecular weight is 554 g/mol. The van der Waals surface area contributed by atoms with Crippen LogP contribution in [0, 0.1) is 5.41 Å². The van der Waals surface area contributed by atoms with Gasteiger partial charge in [-0.2, -0.15) is 0 Å². The summed E-state index contributed by atoms with van der Waals surface area (Å²) in [5.41, 5.74) is 2.82. The Kier molecular flexibility index (Phi) is 7.74. The van der Waals surface area contributed by atoms with Crippen molar-refractivity contribution in [1.82, 2.24) is 19.7 Å². The number of ether oxygens (including phenoxy) is 1. The molecule has 8 nitrogen and oxygen atoms in total. The molecule has 0 saturated carbocycles. The smallest absolute Gasteiger partial charge is 0.407 e. The minimum absolute atomic E-state index is 0.0765. The van der Waals surface area contributed by atoms with Gasteiger partial charge in [-0.3, -0.25) is 4.40 Å². The Balaban J connectivity index is 1.28. The molecule has 5 rings (SSSR count). The largest absolute Gasteiger partial charge is 0.445 e. The van der Waals surface area contributed by atoms with Crippen LogP contribution in [-0.2, 0) is 18.0 Å². The lowest BCUT2D eigenvalue weighted by atomic mass is 9.80. The second-order valence-electron chi connectivity index (χ2n) is 9.82. The molecule has 0 atom stereocenters. The number of amides is 1. The van der Waals surface area contributed by atoms with Gasteiger partial charge in [0, 0.05) is 37.6 Å². The number of piperidine rings is 1. The number of carbonyl (C=O) groups excluding carboxylic acids is 1. The highest BCUT2D eigenvalue weighted by atomic mass is 35.5. The number of alkyl carbamates (subject to hydrolysis) is 1.